The number of halogens is 2. The molecule has 0 amide bonds. The van der Waals surface area contributed by atoms with E-state index in [1.165, 1.54) is 11.7 Å². The lowest BCUT2D eigenvalue weighted by atomic mass is 9.85. The van der Waals surface area contributed by atoms with Crippen LogP contribution in [0.15, 0.2) is 15.0 Å². The van der Waals surface area contributed by atoms with E-state index >= 15 is 0 Å². The standard InChI is InChI=1S/C11H12Br2N2OS/c1-11(2,3)10(16)5-4-6(12)8-9(7(5)13)15-17-14-8/h4,10,16H,1-3H3. The monoisotopic (exact) mass is 378 g/mol. The maximum Gasteiger partial charge on any atom is 0.120 e. The predicted molar refractivity (Wildman–Crippen MR) is 77.2 cm³/mol. The van der Waals surface area contributed by atoms with Crippen LogP contribution in [0, 0.1) is 5.41 Å². The second kappa shape index (κ2) is 4.57. The highest BCUT2D eigenvalue weighted by molar-refractivity contribution is 9.11. The minimum Gasteiger partial charge on any atom is -0.388 e. The first-order valence-electron chi connectivity index (χ1n) is 5.10. The number of aromatic nitrogens is 2. The summed E-state index contributed by atoms with van der Waals surface area (Å²) >= 11 is 8.15. The van der Waals surface area contributed by atoms with Crippen LogP contribution in [-0.2, 0) is 0 Å². The number of nitrogens with zero attached hydrogens (tertiary/aromatic N) is 2. The number of fused-ring (bicyclic) bond motifs is 1. The van der Waals surface area contributed by atoms with E-state index in [1.54, 1.807) is 0 Å². The van der Waals surface area contributed by atoms with Crippen molar-refractivity contribution in [2.75, 3.05) is 0 Å². The normalized spacial score (nSPS) is 14.2. The molecule has 1 N–H and O–H groups in total. The molecule has 1 unspecified atom stereocenters. The Hall–Kier alpha value is -0.0400. The summed E-state index contributed by atoms with van der Waals surface area (Å²) < 4.78 is 10.1. The van der Waals surface area contributed by atoms with Gasteiger partial charge in [0.1, 0.15) is 11.0 Å². The topological polar surface area (TPSA) is 46.0 Å². The van der Waals surface area contributed by atoms with Gasteiger partial charge in [0.05, 0.1) is 22.3 Å². The van der Waals surface area contributed by atoms with Crippen molar-refractivity contribution in [3.8, 4) is 0 Å². The molecular weight excluding hydrogens is 368 g/mol. The van der Waals surface area contributed by atoms with E-state index in [9.17, 15) is 5.11 Å². The van der Waals surface area contributed by atoms with Gasteiger partial charge in [-0.05, 0) is 48.9 Å². The molecule has 0 saturated carbocycles. The van der Waals surface area contributed by atoms with E-state index < -0.39 is 6.10 Å². The smallest absolute Gasteiger partial charge is 0.120 e. The second-order valence-corrected chi connectivity index (χ2v) is 7.17. The number of hydrogen-bond donors (Lipinski definition) is 1. The van der Waals surface area contributed by atoms with E-state index in [-0.39, 0.29) is 5.41 Å². The number of aliphatic hydroxyl groups is 1. The van der Waals surface area contributed by atoms with E-state index in [0.717, 1.165) is 25.5 Å². The van der Waals surface area contributed by atoms with Crippen LogP contribution in [-0.4, -0.2) is 13.9 Å². The molecule has 0 bridgehead atoms. The van der Waals surface area contributed by atoms with Gasteiger partial charge in [-0.3, -0.25) is 0 Å². The lowest BCUT2D eigenvalue weighted by molar-refractivity contribution is 0.0621. The maximum atomic E-state index is 10.4. The van der Waals surface area contributed by atoms with Gasteiger partial charge in [0, 0.05) is 4.47 Å². The van der Waals surface area contributed by atoms with Crippen LogP contribution < -0.4 is 0 Å². The molecule has 1 aromatic carbocycles. The van der Waals surface area contributed by atoms with Crippen molar-refractivity contribution in [2.24, 2.45) is 5.41 Å². The molecule has 1 aromatic heterocycles. The molecule has 0 saturated heterocycles. The third kappa shape index (κ3) is 2.41. The Morgan fingerprint density at radius 1 is 1.24 bits per heavy atom. The molecule has 1 atom stereocenters. The van der Waals surface area contributed by atoms with Crippen LogP contribution >= 0.6 is 43.6 Å². The van der Waals surface area contributed by atoms with E-state index in [4.69, 9.17) is 0 Å². The Morgan fingerprint density at radius 2 is 1.82 bits per heavy atom. The number of rotatable bonds is 1. The highest BCUT2D eigenvalue weighted by Crippen LogP contribution is 2.41. The summed E-state index contributed by atoms with van der Waals surface area (Å²) in [5.41, 5.74) is 2.23. The molecule has 0 aliphatic rings. The first-order valence-corrected chi connectivity index (χ1v) is 7.42. The van der Waals surface area contributed by atoms with Gasteiger partial charge in [-0.1, -0.05) is 20.8 Å². The van der Waals surface area contributed by atoms with Gasteiger partial charge >= 0.3 is 0 Å². The van der Waals surface area contributed by atoms with Crippen LogP contribution in [0.1, 0.15) is 32.4 Å². The number of hydrogen-bond acceptors (Lipinski definition) is 4. The minimum atomic E-state index is -0.556. The van der Waals surface area contributed by atoms with Gasteiger partial charge in [0.15, 0.2) is 0 Å². The molecule has 0 spiro atoms. The Labute approximate surface area is 121 Å². The van der Waals surface area contributed by atoms with Crippen LogP contribution in [0.4, 0.5) is 0 Å². The van der Waals surface area contributed by atoms with Crippen LogP contribution in [0.25, 0.3) is 11.0 Å². The first kappa shape index (κ1) is 13.4. The average molecular weight is 380 g/mol. The zero-order valence-electron chi connectivity index (χ0n) is 9.66. The first-order chi connectivity index (χ1) is 7.82. The fourth-order valence-electron chi connectivity index (χ4n) is 1.56. The number of benzene rings is 1. The Bertz CT molecular complexity index is 562. The molecule has 1 heterocycles. The summed E-state index contributed by atoms with van der Waals surface area (Å²) in [5.74, 6) is 0. The van der Waals surface area contributed by atoms with Crippen molar-refractivity contribution < 1.29 is 5.11 Å². The zero-order chi connectivity index (χ0) is 12.8. The third-order valence-corrected chi connectivity index (χ3v) is 4.54. The van der Waals surface area contributed by atoms with Crippen molar-refractivity contribution in [3.05, 3.63) is 20.6 Å². The SMILES string of the molecule is CC(C)(C)C(O)c1cc(Br)c2nsnc2c1Br. The summed E-state index contributed by atoms with van der Waals surface area (Å²) in [5, 5.41) is 10.4. The van der Waals surface area contributed by atoms with Crippen molar-refractivity contribution in [1.82, 2.24) is 8.75 Å². The quantitative estimate of drug-likeness (QED) is 0.803. The summed E-state index contributed by atoms with van der Waals surface area (Å²) in [6.45, 7) is 6.00. The number of aliphatic hydroxyl groups excluding tert-OH is 1. The third-order valence-electron chi connectivity index (χ3n) is 2.57. The van der Waals surface area contributed by atoms with Crippen molar-refractivity contribution in [2.45, 2.75) is 26.9 Å². The van der Waals surface area contributed by atoms with Gasteiger partial charge in [-0.15, -0.1) is 0 Å². The fourth-order valence-corrected chi connectivity index (χ4v) is 3.49. The Balaban J connectivity index is 2.66. The van der Waals surface area contributed by atoms with E-state index in [1.807, 2.05) is 26.8 Å². The fraction of sp³-hybridized carbons (Fsp3) is 0.455. The van der Waals surface area contributed by atoms with E-state index in [2.05, 4.69) is 40.6 Å². The van der Waals surface area contributed by atoms with Crippen molar-refractivity contribution in [1.29, 1.82) is 0 Å². The van der Waals surface area contributed by atoms with Crippen LogP contribution in [0.2, 0.25) is 0 Å². The van der Waals surface area contributed by atoms with E-state index in [0.29, 0.717) is 0 Å². The lowest BCUT2D eigenvalue weighted by Crippen LogP contribution is -2.18. The van der Waals surface area contributed by atoms with Crippen molar-refractivity contribution >= 4 is 54.6 Å². The molecule has 0 aliphatic heterocycles. The highest BCUT2D eigenvalue weighted by Gasteiger charge is 2.27. The van der Waals surface area contributed by atoms with Gasteiger partial charge in [0.25, 0.3) is 0 Å². The summed E-state index contributed by atoms with van der Waals surface area (Å²) in [6, 6.07) is 1.91. The average Bonchev–Trinajstić information content (AvgIpc) is 2.70. The summed E-state index contributed by atoms with van der Waals surface area (Å²) in [7, 11) is 0. The van der Waals surface area contributed by atoms with Gasteiger partial charge in [-0.25, -0.2) is 0 Å². The van der Waals surface area contributed by atoms with Crippen LogP contribution in [0.3, 0.4) is 0 Å². The predicted octanol–water partition coefficient (Wildman–Crippen LogP) is 4.30. The summed E-state index contributed by atoms with van der Waals surface area (Å²) in [4.78, 5) is 0. The molecule has 2 aromatic rings. The minimum absolute atomic E-state index is 0.223. The Kier molecular flexibility index (Phi) is 3.60. The maximum absolute atomic E-state index is 10.4. The largest absolute Gasteiger partial charge is 0.388 e. The molecule has 0 aliphatic carbocycles. The zero-order valence-corrected chi connectivity index (χ0v) is 13.6. The molecular formula is C11H12Br2N2OS. The molecule has 0 radical (unpaired) electrons. The molecule has 6 heteroatoms. The highest BCUT2D eigenvalue weighted by atomic mass is 79.9. The van der Waals surface area contributed by atoms with Crippen molar-refractivity contribution in [3.63, 3.8) is 0 Å². The lowest BCUT2D eigenvalue weighted by Gasteiger charge is -2.27. The molecule has 3 nitrogen and oxygen atoms in total. The molecule has 2 rings (SSSR count). The van der Waals surface area contributed by atoms with Gasteiger partial charge < -0.3 is 5.11 Å². The van der Waals surface area contributed by atoms with Gasteiger partial charge in [-0.2, -0.15) is 8.75 Å². The second-order valence-electron chi connectivity index (χ2n) is 4.99. The molecule has 0 fully saturated rings. The summed E-state index contributed by atoms with van der Waals surface area (Å²) in [6.07, 6.45) is -0.556. The van der Waals surface area contributed by atoms with Gasteiger partial charge in [0.2, 0.25) is 0 Å². The van der Waals surface area contributed by atoms with Crippen LogP contribution in [0.5, 0.6) is 0 Å². The molecule has 17 heavy (non-hydrogen) atoms. The molecule has 92 valence electrons. The Morgan fingerprint density at radius 3 is 2.41 bits per heavy atom.